The van der Waals surface area contributed by atoms with E-state index in [1.807, 2.05) is 58.0 Å². The Morgan fingerprint density at radius 2 is 1.67 bits per heavy atom. The van der Waals surface area contributed by atoms with Crippen LogP contribution in [0.2, 0.25) is 0 Å². The molecule has 0 spiro atoms. The third-order valence-corrected chi connectivity index (χ3v) is 7.54. The highest BCUT2D eigenvalue weighted by atomic mass is 32.2. The molecule has 1 aliphatic heterocycles. The Balaban J connectivity index is 1.46. The van der Waals surface area contributed by atoms with E-state index in [0.717, 1.165) is 10.8 Å². The van der Waals surface area contributed by atoms with Gasteiger partial charge in [-0.3, -0.25) is 4.90 Å². The molecule has 1 aliphatic rings. The highest BCUT2D eigenvalue weighted by molar-refractivity contribution is 7.89. The summed E-state index contributed by atoms with van der Waals surface area (Å²) >= 11 is 0. The van der Waals surface area contributed by atoms with E-state index in [1.165, 1.54) is 0 Å². The van der Waals surface area contributed by atoms with Crippen molar-refractivity contribution in [3.8, 4) is 0 Å². The zero-order valence-electron chi connectivity index (χ0n) is 17.9. The van der Waals surface area contributed by atoms with Gasteiger partial charge in [0.2, 0.25) is 15.9 Å². The van der Waals surface area contributed by atoms with Crippen molar-refractivity contribution in [3.05, 3.63) is 54.2 Å². The summed E-state index contributed by atoms with van der Waals surface area (Å²) in [6, 6.07) is 13.0. The van der Waals surface area contributed by atoms with E-state index in [1.54, 1.807) is 16.4 Å². The van der Waals surface area contributed by atoms with Gasteiger partial charge in [0.25, 0.3) is 0 Å². The molecular formula is C22H28N4O3S. The third-order valence-electron chi connectivity index (χ3n) is 5.65. The summed E-state index contributed by atoms with van der Waals surface area (Å²) in [5.41, 5.74) is -0.173. The molecule has 160 valence electrons. The van der Waals surface area contributed by atoms with Crippen molar-refractivity contribution in [2.45, 2.75) is 44.0 Å². The zero-order valence-corrected chi connectivity index (χ0v) is 18.7. The molecule has 1 aromatic heterocycles. The maximum atomic E-state index is 13.2. The summed E-state index contributed by atoms with van der Waals surface area (Å²) in [5.74, 6) is 1.26. The van der Waals surface area contributed by atoms with E-state index in [9.17, 15) is 8.42 Å². The van der Waals surface area contributed by atoms with Gasteiger partial charge >= 0.3 is 0 Å². The van der Waals surface area contributed by atoms with Crippen molar-refractivity contribution in [1.82, 2.24) is 19.3 Å². The largest absolute Gasteiger partial charge is 0.338 e. The molecule has 2 aromatic carbocycles. The van der Waals surface area contributed by atoms with Crippen LogP contribution >= 0.6 is 0 Å². The fraction of sp³-hybridized carbons (Fsp3) is 0.455. The van der Waals surface area contributed by atoms with Crippen molar-refractivity contribution in [2.24, 2.45) is 0 Å². The minimum atomic E-state index is -3.53. The van der Waals surface area contributed by atoms with E-state index >= 15 is 0 Å². The second-order valence-electron chi connectivity index (χ2n) is 8.83. The first-order chi connectivity index (χ1) is 14.2. The number of fused-ring (bicyclic) bond motifs is 1. The molecule has 0 saturated carbocycles. The van der Waals surface area contributed by atoms with Crippen LogP contribution in [0, 0.1) is 0 Å². The SMILES string of the molecule is CC(c1nc(C(C)(C)C)no1)N1CCN(S(=O)(=O)c2ccc3ccccc3c2)CC1. The van der Waals surface area contributed by atoms with Gasteiger partial charge in [0.05, 0.1) is 10.9 Å². The molecule has 1 fully saturated rings. The first-order valence-electron chi connectivity index (χ1n) is 10.2. The van der Waals surface area contributed by atoms with Crippen LogP contribution in [0.25, 0.3) is 10.8 Å². The van der Waals surface area contributed by atoms with Gasteiger partial charge in [-0.1, -0.05) is 56.3 Å². The van der Waals surface area contributed by atoms with Crippen LogP contribution < -0.4 is 0 Å². The lowest BCUT2D eigenvalue weighted by Gasteiger charge is -2.36. The van der Waals surface area contributed by atoms with Gasteiger partial charge in [-0.2, -0.15) is 9.29 Å². The normalized spacial score (nSPS) is 18.0. The molecule has 0 radical (unpaired) electrons. The lowest BCUT2D eigenvalue weighted by Crippen LogP contribution is -2.49. The summed E-state index contributed by atoms with van der Waals surface area (Å²) < 4.78 is 33.4. The smallest absolute Gasteiger partial charge is 0.243 e. The van der Waals surface area contributed by atoms with E-state index in [0.29, 0.717) is 42.8 Å². The molecule has 2 heterocycles. The fourth-order valence-electron chi connectivity index (χ4n) is 3.67. The highest BCUT2D eigenvalue weighted by Gasteiger charge is 2.32. The maximum Gasteiger partial charge on any atom is 0.243 e. The van der Waals surface area contributed by atoms with Gasteiger partial charge in [-0.15, -0.1) is 0 Å². The molecule has 3 aromatic rings. The molecule has 0 amide bonds. The van der Waals surface area contributed by atoms with E-state index in [2.05, 4.69) is 15.0 Å². The number of nitrogens with zero attached hydrogens (tertiary/aromatic N) is 4. The van der Waals surface area contributed by atoms with Crippen LogP contribution in [0.4, 0.5) is 0 Å². The van der Waals surface area contributed by atoms with Crippen molar-refractivity contribution in [3.63, 3.8) is 0 Å². The second-order valence-corrected chi connectivity index (χ2v) is 10.8. The average Bonchev–Trinajstić information content (AvgIpc) is 3.24. The summed E-state index contributed by atoms with van der Waals surface area (Å²) in [7, 11) is -3.53. The minimum absolute atomic E-state index is 0.0564. The van der Waals surface area contributed by atoms with Gasteiger partial charge < -0.3 is 4.52 Å². The molecule has 1 unspecified atom stereocenters. The third kappa shape index (κ3) is 3.99. The van der Waals surface area contributed by atoms with Gasteiger partial charge in [0.1, 0.15) is 0 Å². The van der Waals surface area contributed by atoms with Crippen molar-refractivity contribution in [2.75, 3.05) is 26.2 Å². The van der Waals surface area contributed by atoms with Crippen LogP contribution in [0.1, 0.15) is 45.5 Å². The summed E-state index contributed by atoms with van der Waals surface area (Å²) in [6.45, 7) is 10.2. The predicted octanol–water partition coefficient (Wildman–Crippen LogP) is 3.59. The number of aromatic nitrogens is 2. The lowest BCUT2D eigenvalue weighted by molar-refractivity contribution is 0.124. The predicted molar refractivity (Wildman–Crippen MR) is 116 cm³/mol. The number of sulfonamides is 1. The molecule has 30 heavy (non-hydrogen) atoms. The molecule has 8 heteroatoms. The number of hydrogen-bond acceptors (Lipinski definition) is 6. The van der Waals surface area contributed by atoms with Crippen LogP contribution in [-0.2, 0) is 15.4 Å². The molecule has 1 atom stereocenters. The Morgan fingerprint density at radius 3 is 2.30 bits per heavy atom. The van der Waals surface area contributed by atoms with Gasteiger partial charge in [-0.05, 0) is 29.8 Å². The first-order valence-corrected chi connectivity index (χ1v) is 11.7. The lowest BCUT2D eigenvalue weighted by atomic mass is 9.96. The van der Waals surface area contributed by atoms with Gasteiger partial charge in [0.15, 0.2) is 5.82 Å². The standard InChI is InChI=1S/C22H28N4O3S/c1-16(20-23-21(24-29-20)22(2,3)4)25-11-13-26(14-12-25)30(27,28)19-10-9-17-7-5-6-8-18(17)15-19/h5-10,15-16H,11-14H2,1-4H3. The Kier molecular flexibility index (Phi) is 5.42. The highest BCUT2D eigenvalue weighted by Crippen LogP contribution is 2.27. The van der Waals surface area contributed by atoms with Gasteiger partial charge in [-0.25, -0.2) is 8.42 Å². The van der Waals surface area contributed by atoms with Crippen LogP contribution in [0.5, 0.6) is 0 Å². The summed E-state index contributed by atoms with van der Waals surface area (Å²) in [5, 5.41) is 6.06. The maximum absolute atomic E-state index is 13.2. The minimum Gasteiger partial charge on any atom is -0.338 e. The van der Waals surface area contributed by atoms with Crippen molar-refractivity contribution in [1.29, 1.82) is 0 Å². The molecular weight excluding hydrogens is 400 g/mol. The molecule has 7 nitrogen and oxygen atoms in total. The number of hydrogen-bond donors (Lipinski definition) is 0. The first kappa shape index (κ1) is 21.0. The quantitative estimate of drug-likeness (QED) is 0.632. The molecule has 0 aliphatic carbocycles. The molecule has 0 N–H and O–H groups in total. The zero-order chi connectivity index (χ0) is 21.5. The Hall–Kier alpha value is -2.29. The van der Waals surface area contributed by atoms with E-state index in [4.69, 9.17) is 4.52 Å². The van der Waals surface area contributed by atoms with E-state index < -0.39 is 10.0 Å². The molecule has 4 rings (SSSR count). The van der Waals surface area contributed by atoms with Crippen LogP contribution in [0.3, 0.4) is 0 Å². The number of rotatable bonds is 4. The molecule has 1 saturated heterocycles. The van der Waals surface area contributed by atoms with Crippen LogP contribution in [-0.4, -0.2) is 53.9 Å². The summed E-state index contributed by atoms with van der Waals surface area (Å²) in [6.07, 6.45) is 0. The van der Waals surface area contributed by atoms with E-state index in [-0.39, 0.29) is 11.5 Å². The monoisotopic (exact) mass is 428 g/mol. The number of benzene rings is 2. The van der Waals surface area contributed by atoms with Gasteiger partial charge in [0, 0.05) is 31.6 Å². The average molecular weight is 429 g/mol. The Bertz CT molecular complexity index is 1140. The second kappa shape index (κ2) is 7.76. The molecule has 0 bridgehead atoms. The van der Waals surface area contributed by atoms with Crippen LogP contribution in [0.15, 0.2) is 51.9 Å². The van der Waals surface area contributed by atoms with Crippen molar-refractivity contribution >= 4 is 20.8 Å². The fourth-order valence-corrected chi connectivity index (χ4v) is 5.13. The Labute approximate surface area is 177 Å². The Morgan fingerprint density at radius 1 is 1.00 bits per heavy atom. The topological polar surface area (TPSA) is 79.5 Å². The summed E-state index contributed by atoms with van der Waals surface area (Å²) in [4.78, 5) is 7.08. The van der Waals surface area contributed by atoms with Crippen molar-refractivity contribution < 1.29 is 12.9 Å². The number of piperazine rings is 1.